The molecule has 0 unspecified atom stereocenters. The number of hydrogen-bond acceptors (Lipinski definition) is 3. The quantitative estimate of drug-likeness (QED) is 0.630. The first-order valence-electron chi connectivity index (χ1n) is 3.03. The molecule has 10 heavy (non-hydrogen) atoms. The summed E-state index contributed by atoms with van der Waals surface area (Å²) in [7, 11) is 0. The molecular weight excluding hydrogens is 148 g/mol. The van der Waals surface area contributed by atoms with Gasteiger partial charge in [0, 0.05) is 0 Å². The lowest BCUT2D eigenvalue weighted by Crippen LogP contribution is -2.22. The third-order valence-electron chi connectivity index (χ3n) is 1.31. The van der Waals surface area contributed by atoms with Crippen LogP contribution in [0.3, 0.4) is 0 Å². The van der Waals surface area contributed by atoms with Crippen LogP contribution in [0.5, 0.6) is 0 Å². The van der Waals surface area contributed by atoms with Gasteiger partial charge in [-0.1, -0.05) is 6.92 Å². The lowest BCUT2D eigenvalue weighted by molar-refractivity contribution is -0.254. The fraction of sp³-hybridized carbons (Fsp3) is 0.286. The molecule has 1 heterocycles. The summed E-state index contributed by atoms with van der Waals surface area (Å²) in [4.78, 5) is 10.7. The van der Waals surface area contributed by atoms with Crippen LogP contribution in [0, 0.1) is 0 Å². The van der Waals surface area contributed by atoms with Crippen molar-refractivity contribution in [2.45, 2.75) is 13.3 Å². The Labute approximate surface area is 63.1 Å². The van der Waals surface area contributed by atoms with Gasteiger partial charge in [0.15, 0.2) is 0 Å². The highest BCUT2D eigenvalue weighted by Gasteiger charge is 2.00. The molecule has 0 N–H and O–H groups in total. The van der Waals surface area contributed by atoms with E-state index in [0.29, 0.717) is 4.88 Å². The molecule has 0 fully saturated rings. The minimum absolute atomic E-state index is 0.363. The molecule has 0 aliphatic carbocycles. The van der Waals surface area contributed by atoms with E-state index in [1.54, 1.807) is 5.38 Å². The van der Waals surface area contributed by atoms with Crippen LogP contribution < -0.4 is 5.11 Å². The van der Waals surface area contributed by atoms with Crippen molar-refractivity contribution in [2.75, 3.05) is 0 Å². The van der Waals surface area contributed by atoms with Crippen molar-refractivity contribution >= 4 is 17.3 Å². The maximum atomic E-state index is 10.3. The molecule has 0 bridgehead atoms. The highest BCUT2D eigenvalue weighted by Crippen LogP contribution is 2.15. The van der Waals surface area contributed by atoms with Gasteiger partial charge in [0.25, 0.3) is 0 Å². The highest BCUT2D eigenvalue weighted by molar-refractivity contribution is 7.12. The summed E-state index contributed by atoms with van der Waals surface area (Å²) < 4.78 is 0. The number of thiophene rings is 1. The van der Waals surface area contributed by atoms with Gasteiger partial charge in [-0.3, -0.25) is 0 Å². The summed E-state index contributed by atoms with van der Waals surface area (Å²) >= 11 is 1.22. The Balaban J connectivity index is 3.01. The van der Waals surface area contributed by atoms with Crippen LogP contribution in [-0.4, -0.2) is 5.97 Å². The second-order valence-electron chi connectivity index (χ2n) is 1.92. The molecule has 0 aromatic carbocycles. The van der Waals surface area contributed by atoms with Crippen molar-refractivity contribution in [1.82, 2.24) is 0 Å². The number of carbonyl (C=O) groups is 1. The molecule has 0 saturated heterocycles. The number of aromatic carboxylic acids is 1. The normalized spacial score (nSPS) is 9.70. The van der Waals surface area contributed by atoms with Crippen LogP contribution in [0.15, 0.2) is 11.4 Å². The molecule has 0 amide bonds. The predicted molar refractivity (Wildman–Crippen MR) is 38.0 cm³/mol. The fourth-order valence-electron chi connectivity index (χ4n) is 0.793. The summed E-state index contributed by atoms with van der Waals surface area (Å²) in [5.74, 6) is -1.06. The topological polar surface area (TPSA) is 40.1 Å². The summed E-state index contributed by atoms with van der Waals surface area (Å²) in [6.07, 6.45) is 0.757. The van der Waals surface area contributed by atoms with Gasteiger partial charge in [0.05, 0.1) is 10.8 Å². The highest BCUT2D eigenvalue weighted by atomic mass is 32.1. The van der Waals surface area contributed by atoms with E-state index in [-0.39, 0.29) is 0 Å². The minimum Gasteiger partial charge on any atom is -0.544 e. The summed E-state index contributed by atoms with van der Waals surface area (Å²) in [6, 6.07) is 1.82. The molecule has 0 aliphatic rings. The van der Waals surface area contributed by atoms with Gasteiger partial charge in [-0.05, 0) is 23.4 Å². The van der Waals surface area contributed by atoms with Crippen molar-refractivity contribution in [2.24, 2.45) is 0 Å². The average Bonchev–Trinajstić information content (AvgIpc) is 2.33. The van der Waals surface area contributed by atoms with Crippen LogP contribution in [0.25, 0.3) is 0 Å². The Morgan fingerprint density at radius 3 is 2.90 bits per heavy atom. The second-order valence-corrected chi connectivity index (χ2v) is 2.83. The lowest BCUT2D eigenvalue weighted by atomic mass is 10.2. The average molecular weight is 155 g/mol. The van der Waals surface area contributed by atoms with Crippen molar-refractivity contribution in [3.05, 3.63) is 21.9 Å². The second kappa shape index (κ2) is 2.84. The summed E-state index contributed by atoms with van der Waals surface area (Å²) in [5, 5.41) is 12.1. The zero-order chi connectivity index (χ0) is 7.56. The zero-order valence-corrected chi connectivity index (χ0v) is 6.40. The monoisotopic (exact) mass is 155 g/mol. The van der Waals surface area contributed by atoms with E-state index in [1.165, 1.54) is 11.3 Å². The SMILES string of the molecule is CCc1ccsc1C(=O)[O-]. The molecule has 0 saturated carbocycles. The van der Waals surface area contributed by atoms with Crippen LogP contribution in [0.1, 0.15) is 22.2 Å². The van der Waals surface area contributed by atoms with Crippen LogP contribution in [0.4, 0.5) is 0 Å². The Morgan fingerprint density at radius 1 is 1.80 bits per heavy atom. The van der Waals surface area contributed by atoms with Crippen molar-refractivity contribution in [3.63, 3.8) is 0 Å². The van der Waals surface area contributed by atoms with E-state index in [9.17, 15) is 9.90 Å². The fourth-order valence-corrected chi connectivity index (χ4v) is 1.62. The van der Waals surface area contributed by atoms with Crippen LogP contribution >= 0.6 is 11.3 Å². The molecule has 54 valence electrons. The van der Waals surface area contributed by atoms with Crippen molar-refractivity contribution in [1.29, 1.82) is 0 Å². The molecule has 0 aliphatic heterocycles. The number of hydrogen-bond donors (Lipinski definition) is 0. The van der Waals surface area contributed by atoms with Gasteiger partial charge >= 0.3 is 0 Å². The maximum Gasteiger partial charge on any atom is 0.0818 e. The molecule has 0 atom stereocenters. The van der Waals surface area contributed by atoms with Gasteiger partial charge in [0.1, 0.15) is 0 Å². The van der Waals surface area contributed by atoms with E-state index < -0.39 is 5.97 Å². The Kier molecular flexibility index (Phi) is 2.06. The van der Waals surface area contributed by atoms with Gasteiger partial charge in [-0.2, -0.15) is 0 Å². The number of aryl methyl sites for hydroxylation is 1. The largest absolute Gasteiger partial charge is 0.544 e. The van der Waals surface area contributed by atoms with E-state index in [1.807, 2.05) is 13.0 Å². The molecule has 1 rings (SSSR count). The lowest BCUT2D eigenvalue weighted by Gasteiger charge is -1.99. The minimum atomic E-state index is -1.06. The first-order chi connectivity index (χ1) is 4.75. The van der Waals surface area contributed by atoms with Gasteiger partial charge < -0.3 is 9.90 Å². The summed E-state index contributed by atoms with van der Waals surface area (Å²) in [5.41, 5.74) is 0.866. The van der Waals surface area contributed by atoms with Gasteiger partial charge in [-0.25, -0.2) is 0 Å². The number of carboxylic acids is 1. The predicted octanol–water partition coefficient (Wildman–Crippen LogP) is 0.674. The van der Waals surface area contributed by atoms with E-state index >= 15 is 0 Å². The summed E-state index contributed by atoms with van der Waals surface area (Å²) in [6.45, 7) is 1.93. The van der Waals surface area contributed by atoms with E-state index in [0.717, 1.165) is 12.0 Å². The molecule has 1 aromatic heterocycles. The molecule has 3 heteroatoms. The first-order valence-corrected chi connectivity index (χ1v) is 3.91. The Hall–Kier alpha value is -0.830. The van der Waals surface area contributed by atoms with Crippen molar-refractivity contribution < 1.29 is 9.90 Å². The molecular formula is C7H7O2S-. The number of rotatable bonds is 2. The zero-order valence-electron chi connectivity index (χ0n) is 5.59. The third-order valence-corrected chi connectivity index (χ3v) is 2.25. The van der Waals surface area contributed by atoms with Gasteiger partial charge in [0.2, 0.25) is 0 Å². The molecule has 1 aromatic rings. The van der Waals surface area contributed by atoms with Gasteiger partial charge in [-0.15, -0.1) is 11.3 Å². The first kappa shape index (κ1) is 7.28. The number of carbonyl (C=O) groups excluding carboxylic acids is 1. The molecule has 0 spiro atoms. The smallest absolute Gasteiger partial charge is 0.0818 e. The number of carboxylic acid groups (broad SMARTS) is 1. The Morgan fingerprint density at radius 2 is 2.50 bits per heavy atom. The van der Waals surface area contributed by atoms with Crippen LogP contribution in [-0.2, 0) is 6.42 Å². The standard InChI is InChI=1S/C7H8O2S/c1-2-5-3-4-10-6(5)7(8)9/h3-4H,2H2,1H3,(H,8,9)/p-1. The molecule has 0 radical (unpaired) electrons. The molecule has 2 nitrogen and oxygen atoms in total. The van der Waals surface area contributed by atoms with E-state index in [4.69, 9.17) is 0 Å². The maximum absolute atomic E-state index is 10.3. The van der Waals surface area contributed by atoms with E-state index in [2.05, 4.69) is 0 Å². The Bertz CT molecular complexity index is 240. The van der Waals surface area contributed by atoms with Crippen molar-refractivity contribution in [3.8, 4) is 0 Å². The third kappa shape index (κ3) is 1.19. The van der Waals surface area contributed by atoms with Crippen LogP contribution in [0.2, 0.25) is 0 Å².